The number of ether oxygens (including phenoxy) is 1. The number of hydrogen-bond donors (Lipinski definition) is 1. The molecule has 0 radical (unpaired) electrons. The zero-order chi connectivity index (χ0) is 24.1. The lowest BCUT2D eigenvalue weighted by Gasteiger charge is -2.42. The van der Waals surface area contributed by atoms with Crippen molar-refractivity contribution in [1.29, 1.82) is 0 Å². The lowest BCUT2D eigenvalue weighted by molar-refractivity contribution is -0.136. The van der Waals surface area contributed by atoms with Gasteiger partial charge in [0.25, 0.3) is 0 Å². The zero-order valence-electron chi connectivity index (χ0n) is 20.3. The first-order chi connectivity index (χ1) is 15.6. The second kappa shape index (κ2) is 10.6. The second-order valence-corrected chi connectivity index (χ2v) is 11.0. The van der Waals surface area contributed by atoms with E-state index in [9.17, 15) is 4.79 Å². The summed E-state index contributed by atoms with van der Waals surface area (Å²) in [5.74, 6) is 7.84. The molecule has 2 heterocycles. The van der Waals surface area contributed by atoms with Gasteiger partial charge in [-0.15, -0.1) is 11.8 Å². The number of aromatic nitrogens is 2. The highest BCUT2D eigenvalue weighted by Crippen LogP contribution is 2.46. The van der Waals surface area contributed by atoms with Gasteiger partial charge < -0.3 is 9.84 Å². The van der Waals surface area contributed by atoms with Crippen molar-refractivity contribution in [2.75, 3.05) is 5.75 Å². The fraction of sp³-hybridized carbons (Fsp3) is 0.519. The van der Waals surface area contributed by atoms with Crippen LogP contribution < -0.4 is 4.74 Å². The number of nitrogens with zero attached hydrogens (tertiary/aromatic N) is 2. The van der Waals surface area contributed by atoms with Gasteiger partial charge in [0.05, 0.1) is 5.56 Å². The number of carboxylic acids is 1. The molecule has 176 valence electrons. The lowest BCUT2D eigenvalue weighted by atomic mass is 9.73. The SMILES string of the molecule is CCCCCCSc1cc2c(cc1C#Cc1cnc(CC(=O)O)nc1)C(C)(C)CC(C)(C)O2. The Morgan fingerprint density at radius 3 is 2.52 bits per heavy atom. The number of hydrogen-bond acceptors (Lipinski definition) is 5. The smallest absolute Gasteiger partial charge is 0.311 e. The van der Waals surface area contributed by atoms with Crippen LogP contribution in [-0.4, -0.2) is 32.4 Å². The summed E-state index contributed by atoms with van der Waals surface area (Å²) in [4.78, 5) is 20.2. The van der Waals surface area contributed by atoms with Gasteiger partial charge in [-0.1, -0.05) is 51.9 Å². The van der Waals surface area contributed by atoms with Crippen LogP contribution in [0.5, 0.6) is 5.75 Å². The van der Waals surface area contributed by atoms with Crippen LogP contribution in [0.25, 0.3) is 0 Å². The Balaban J connectivity index is 1.92. The average molecular weight is 467 g/mol. The molecule has 5 nitrogen and oxygen atoms in total. The molecule has 6 heteroatoms. The van der Waals surface area contributed by atoms with E-state index in [0.29, 0.717) is 5.56 Å². The first-order valence-electron chi connectivity index (χ1n) is 11.6. The molecule has 0 unspecified atom stereocenters. The maximum Gasteiger partial charge on any atom is 0.311 e. The van der Waals surface area contributed by atoms with Crippen molar-refractivity contribution in [3.8, 4) is 17.6 Å². The number of carbonyl (C=O) groups is 1. The Hall–Kier alpha value is -2.52. The summed E-state index contributed by atoms with van der Waals surface area (Å²) in [5, 5.41) is 8.89. The summed E-state index contributed by atoms with van der Waals surface area (Å²) >= 11 is 1.84. The molecule has 1 aromatic carbocycles. The summed E-state index contributed by atoms with van der Waals surface area (Å²) < 4.78 is 6.37. The average Bonchev–Trinajstić information content (AvgIpc) is 2.71. The molecular weight excluding hydrogens is 432 g/mol. The molecular formula is C27H34N2O3S. The van der Waals surface area contributed by atoms with Gasteiger partial charge in [0.15, 0.2) is 0 Å². The molecule has 33 heavy (non-hydrogen) atoms. The van der Waals surface area contributed by atoms with Crippen molar-refractivity contribution in [3.63, 3.8) is 0 Å². The Kier molecular flexibility index (Phi) is 8.07. The molecule has 1 aromatic heterocycles. The second-order valence-electron chi connectivity index (χ2n) is 9.88. The molecule has 0 spiro atoms. The molecule has 3 rings (SSSR count). The minimum Gasteiger partial charge on any atom is -0.487 e. The van der Waals surface area contributed by atoms with Crippen molar-refractivity contribution in [3.05, 3.63) is 47.0 Å². The van der Waals surface area contributed by atoms with E-state index in [-0.39, 0.29) is 23.3 Å². The first-order valence-corrected chi connectivity index (χ1v) is 12.6. The maximum atomic E-state index is 10.8. The van der Waals surface area contributed by atoms with E-state index >= 15 is 0 Å². The van der Waals surface area contributed by atoms with Gasteiger partial charge in [-0.25, -0.2) is 9.97 Å². The first kappa shape index (κ1) is 25.1. The quantitative estimate of drug-likeness (QED) is 0.292. The number of aliphatic carboxylic acids is 1. The number of carboxylic acid groups (broad SMARTS) is 1. The van der Waals surface area contributed by atoms with Crippen molar-refractivity contribution in [2.45, 2.75) is 89.1 Å². The standard InChI is InChI=1S/C27H34N2O3S/c1-6-7-8-9-12-33-23-14-22-21(26(2,3)18-27(4,5)32-22)13-20(23)11-10-19-16-28-24(29-17-19)15-25(30)31/h13-14,16-17H,6-9,12,15,18H2,1-5H3,(H,30,31). The third kappa shape index (κ3) is 6.98. The van der Waals surface area contributed by atoms with Crippen molar-refractivity contribution < 1.29 is 14.6 Å². The molecule has 0 saturated heterocycles. The van der Waals surface area contributed by atoms with E-state index in [1.54, 1.807) is 12.4 Å². The molecule has 1 aliphatic rings. The number of unbranched alkanes of at least 4 members (excludes halogenated alkanes) is 3. The third-order valence-corrected chi connectivity index (χ3v) is 6.82. The molecule has 0 saturated carbocycles. The van der Waals surface area contributed by atoms with Crippen LogP contribution in [0.4, 0.5) is 0 Å². The van der Waals surface area contributed by atoms with Gasteiger partial charge in [-0.3, -0.25) is 4.79 Å². The zero-order valence-corrected chi connectivity index (χ0v) is 21.1. The van der Waals surface area contributed by atoms with Gasteiger partial charge in [0.1, 0.15) is 23.6 Å². The molecule has 0 atom stereocenters. The summed E-state index contributed by atoms with van der Waals surface area (Å²) in [5.41, 5.74) is 2.62. The minimum absolute atomic E-state index is 0.0145. The highest BCUT2D eigenvalue weighted by atomic mass is 32.2. The van der Waals surface area contributed by atoms with Crippen LogP contribution in [-0.2, 0) is 16.6 Å². The van der Waals surface area contributed by atoms with Gasteiger partial charge in [-0.05, 0) is 50.0 Å². The van der Waals surface area contributed by atoms with Crippen LogP contribution in [0, 0.1) is 11.8 Å². The highest BCUT2D eigenvalue weighted by Gasteiger charge is 2.39. The highest BCUT2D eigenvalue weighted by molar-refractivity contribution is 7.99. The Morgan fingerprint density at radius 2 is 1.85 bits per heavy atom. The number of fused-ring (bicyclic) bond motifs is 1. The van der Waals surface area contributed by atoms with E-state index in [4.69, 9.17) is 9.84 Å². The molecule has 0 aliphatic carbocycles. The van der Waals surface area contributed by atoms with Crippen LogP contribution in [0.1, 0.15) is 89.2 Å². The van der Waals surface area contributed by atoms with Crippen molar-refractivity contribution in [2.24, 2.45) is 0 Å². The van der Waals surface area contributed by atoms with E-state index in [2.05, 4.69) is 68.6 Å². The van der Waals surface area contributed by atoms with Gasteiger partial charge in [0, 0.05) is 28.4 Å². The van der Waals surface area contributed by atoms with E-state index < -0.39 is 5.97 Å². The summed E-state index contributed by atoms with van der Waals surface area (Å²) in [6.07, 6.45) is 8.83. The molecule has 1 aliphatic heterocycles. The Labute approximate surface area is 201 Å². The summed E-state index contributed by atoms with van der Waals surface area (Å²) in [7, 11) is 0. The number of benzene rings is 1. The van der Waals surface area contributed by atoms with Gasteiger partial charge in [-0.2, -0.15) is 0 Å². The number of thioether (sulfide) groups is 1. The third-order valence-electron chi connectivity index (χ3n) is 5.68. The van der Waals surface area contributed by atoms with Gasteiger partial charge >= 0.3 is 5.97 Å². The van der Waals surface area contributed by atoms with Crippen molar-refractivity contribution >= 4 is 17.7 Å². The van der Waals surface area contributed by atoms with Crippen molar-refractivity contribution in [1.82, 2.24) is 9.97 Å². The molecule has 0 amide bonds. The topological polar surface area (TPSA) is 72.3 Å². The van der Waals surface area contributed by atoms with Crippen LogP contribution >= 0.6 is 11.8 Å². The Morgan fingerprint density at radius 1 is 1.12 bits per heavy atom. The van der Waals surface area contributed by atoms with E-state index in [0.717, 1.165) is 28.4 Å². The molecule has 2 aromatic rings. The van der Waals surface area contributed by atoms with Crippen LogP contribution in [0.15, 0.2) is 29.4 Å². The number of rotatable bonds is 8. The molecule has 1 N–H and O–H groups in total. The fourth-order valence-corrected chi connectivity index (χ4v) is 5.41. The predicted octanol–water partition coefficient (Wildman–Crippen LogP) is 6.01. The Bertz CT molecular complexity index is 1050. The maximum absolute atomic E-state index is 10.8. The van der Waals surface area contributed by atoms with Crippen LogP contribution in [0.3, 0.4) is 0 Å². The largest absolute Gasteiger partial charge is 0.487 e. The minimum atomic E-state index is -0.948. The molecule has 0 fully saturated rings. The fourth-order valence-electron chi connectivity index (χ4n) is 4.38. The summed E-state index contributed by atoms with van der Waals surface area (Å²) in [6, 6.07) is 4.35. The molecule has 0 bridgehead atoms. The van der Waals surface area contributed by atoms with Crippen LogP contribution in [0.2, 0.25) is 0 Å². The normalized spacial score (nSPS) is 15.7. The van der Waals surface area contributed by atoms with E-state index in [1.165, 1.54) is 31.2 Å². The lowest BCUT2D eigenvalue weighted by Crippen LogP contribution is -2.41. The van der Waals surface area contributed by atoms with E-state index in [1.807, 2.05) is 11.8 Å². The summed E-state index contributed by atoms with van der Waals surface area (Å²) in [6.45, 7) is 11.1. The van der Waals surface area contributed by atoms with Gasteiger partial charge in [0.2, 0.25) is 0 Å². The monoisotopic (exact) mass is 466 g/mol. The predicted molar refractivity (Wildman–Crippen MR) is 133 cm³/mol.